The van der Waals surface area contributed by atoms with Gasteiger partial charge < -0.3 is 19.3 Å². The lowest BCUT2D eigenvalue weighted by atomic mass is 10.1. The molecule has 0 N–H and O–H groups in total. The Morgan fingerprint density at radius 2 is 1.78 bits per heavy atom. The molecule has 9 heteroatoms. The summed E-state index contributed by atoms with van der Waals surface area (Å²) in [7, 11) is 2.62. The van der Waals surface area contributed by atoms with Gasteiger partial charge >= 0.3 is 11.7 Å². The maximum Gasteiger partial charge on any atom is 0.311 e. The van der Waals surface area contributed by atoms with Gasteiger partial charge in [-0.15, -0.1) is 0 Å². The number of nitro groups is 1. The number of nitro benzene ring substituents is 1. The monoisotopic (exact) mass is 381 g/mol. The van der Waals surface area contributed by atoms with E-state index in [1.807, 2.05) is 13.8 Å². The summed E-state index contributed by atoms with van der Waals surface area (Å²) in [5.41, 5.74) is -0.105. The van der Waals surface area contributed by atoms with E-state index in [0.29, 0.717) is 13.1 Å². The van der Waals surface area contributed by atoms with Gasteiger partial charge in [-0.2, -0.15) is 0 Å². The minimum Gasteiger partial charge on any atom is -0.490 e. The number of hydrogen-bond acceptors (Lipinski definition) is 7. The van der Waals surface area contributed by atoms with Crippen LogP contribution < -0.4 is 4.74 Å². The molecular weight excluding hydrogens is 354 g/mol. The Hall–Kier alpha value is -2.68. The number of esters is 1. The molecule has 1 aromatic rings. The molecule has 0 spiro atoms. The number of nitrogens with zero attached hydrogens (tertiary/aromatic N) is 3. The third-order valence-electron chi connectivity index (χ3n) is 4.30. The van der Waals surface area contributed by atoms with Crippen molar-refractivity contribution in [2.24, 2.45) is 0 Å². The summed E-state index contributed by atoms with van der Waals surface area (Å²) < 4.78 is 9.61. The fraction of sp³-hybridized carbons (Fsp3) is 0.556. The smallest absolute Gasteiger partial charge is 0.311 e. The maximum atomic E-state index is 12.9. The molecule has 0 saturated carbocycles. The number of rotatable bonds is 11. The summed E-state index contributed by atoms with van der Waals surface area (Å²) in [6, 6.07) is 4.08. The van der Waals surface area contributed by atoms with E-state index < -0.39 is 10.9 Å². The van der Waals surface area contributed by atoms with Crippen LogP contribution in [0.3, 0.4) is 0 Å². The van der Waals surface area contributed by atoms with Crippen molar-refractivity contribution in [1.82, 2.24) is 9.80 Å². The van der Waals surface area contributed by atoms with Crippen LogP contribution in [0.4, 0.5) is 5.69 Å². The van der Waals surface area contributed by atoms with E-state index in [9.17, 15) is 19.7 Å². The maximum absolute atomic E-state index is 12.9. The molecule has 0 fully saturated rings. The van der Waals surface area contributed by atoms with Gasteiger partial charge in [0.15, 0.2) is 5.75 Å². The first-order valence-corrected chi connectivity index (χ1v) is 8.78. The second-order valence-corrected chi connectivity index (χ2v) is 5.79. The molecule has 1 rings (SSSR count). The first kappa shape index (κ1) is 22.4. The normalized spacial score (nSPS) is 10.6. The standard InChI is InChI=1S/C18H27N3O6/c1-5-19(6-2)11-12-20(10-9-17(22)27-4)18(23)14-7-8-16(26-3)15(13-14)21(24)25/h7-8,13H,5-6,9-12H2,1-4H3. The van der Waals surface area contributed by atoms with Gasteiger partial charge in [0.2, 0.25) is 0 Å². The number of benzene rings is 1. The molecule has 150 valence electrons. The zero-order valence-electron chi connectivity index (χ0n) is 16.3. The van der Waals surface area contributed by atoms with Crippen molar-refractivity contribution in [3.63, 3.8) is 0 Å². The number of carbonyl (C=O) groups excluding carboxylic acids is 2. The molecule has 0 aromatic heterocycles. The summed E-state index contributed by atoms with van der Waals surface area (Å²) in [6.07, 6.45) is 0.0543. The van der Waals surface area contributed by atoms with Crippen LogP contribution in [0.1, 0.15) is 30.6 Å². The highest BCUT2D eigenvalue weighted by Gasteiger charge is 2.22. The molecule has 27 heavy (non-hydrogen) atoms. The van der Waals surface area contributed by atoms with Gasteiger partial charge in [0.1, 0.15) is 0 Å². The Balaban J connectivity index is 3.04. The van der Waals surface area contributed by atoms with Crippen LogP contribution >= 0.6 is 0 Å². The third-order valence-corrected chi connectivity index (χ3v) is 4.30. The second kappa shape index (κ2) is 11.1. The number of hydrogen-bond donors (Lipinski definition) is 0. The fourth-order valence-corrected chi connectivity index (χ4v) is 2.59. The zero-order valence-corrected chi connectivity index (χ0v) is 16.3. The predicted octanol–water partition coefficient (Wildman–Crippen LogP) is 1.95. The molecule has 1 aromatic carbocycles. The van der Waals surface area contributed by atoms with Crippen LogP contribution in [0, 0.1) is 10.1 Å². The van der Waals surface area contributed by atoms with Crippen molar-refractivity contribution >= 4 is 17.6 Å². The molecule has 0 radical (unpaired) electrons. The van der Waals surface area contributed by atoms with E-state index in [1.54, 1.807) is 0 Å². The number of amides is 1. The second-order valence-electron chi connectivity index (χ2n) is 5.79. The molecular formula is C18H27N3O6. The molecule has 9 nitrogen and oxygen atoms in total. The first-order chi connectivity index (χ1) is 12.9. The number of methoxy groups -OCH3 is 2. The van der Waals surface area contributed by atoms with Crippen LogP contribution in [0.25, 0.3) is 0 Å². The van der Waals surface area contributed by atoms with Gasteiger partial charge in [-0.1, -0.05) is 13.8 Å². The lowest BCUT2D eigenvalue weighted by Gasteiger charge is -2.26. The van der Waals surface area contributed by atoms with Gasteiger partial charge in [0.25, 0.3) is 5.91 Å². The topological polar surface area (TPSA) is 102 Å². The third kappa shape index (κ3) is 6.52. The van der Waals surface area contributed by atoms with Crippen molar-refractivity contribution in [1.29, 1.82) is 0 Å². The van der Waals surface area contributed by atoms with Crippen LogP contribution in [-0.2, 0) is 9.53 Å². The molecule has 0 atom stereocenters. The van der Waals surface area contributed by atoms with Gasteiger partial charge in [-0.25, -0.2) is 0 Å². The predicted molar refractivity (Wildman–Crippen MR) is 100.0 cm³/mol. The summed E-state index contributed by atoms with van der Waals surface area (Å²) in [5, 5.41) is 11.2. The van der Waals surface area contributed by atoms with E-state index in [0.717, 1.165) is 13.1 Å². The number of carbonyl (C=O) groups is 2. The Kier molecular flexibility index (Phi) is 9.21. The van der Waals surface area contributed by atoms with Gasteiger partial charge in [0.05, 0.1) is 25.6 Å². The molecule has 0 saturated heterocycles. The number of likely N-dealkylation sites (N-methyl/N-ethyl adjacent to an activating group) is 1. The molecule has 0 aliphatic carbocycles. The van der Waals surface area contributed by atoms with Crippen molar-refractivity contribution < 1.29 is 24.0 Å². The Bertz CT molecular complexity index is 660. The van der Waals surface area contributed by atoms with Crippen LogP contribution in [-0.4, -0.2) is 73.5 Å². The minimum atomic E-state index is -0.593. The summed E-state index contributed by atoms with van der Waals surface area (Å²) in [6.45, 7) is 6.93. The van der Waals surface area contributed by atoms with E-state index in [4.69, 9.17) is 4.74 Å². The van der Waals surface area contributed by atoms with Crippen molar-refractivity contribution in [3.8, 4) is 5.75 Å². The summed E-state index contributed by atoms with van der Waals surface area (Å²) >= 11 is 0. The quantitative estimate of drug-likeness (QED) is 0.328. The first-order valence-electron chi connectivity index (χ1n) is 8.78. The molecule has 0 aliphatic rings. The number of ether oxygens (including phenoxy) is 2. The van der Waals surface area contributed by atoms with E-state index >= 15 is 0 Å². The molecule has 0 bridgehead atoms. The molecule has 1 amide bonds. The Labute approximate surface area is 159 Å². The van der Waals surface area contributed by atoms with Gasteiger partial charge in [0, 0.05) is 31.3 Å². The summed E-state index contributed by atoms with van der Waals surface area (Å²) in [5.74, 6) is -0.714. The van der Waals surface area contributed by atoms with Crippen molar-refractivity contribution in [2.75, 3.05) is 46.9 Å². The molecule has 0 heterocycles. The fourth-order valence-electron chi connectivity index (χ4n) is 2.59. The van der Waals surface area contributed by atoms with Gasteiger partial charge in [-0.05, 0) is 25.2 Å². The molecule has 0 aliphatic heterocycles. The average Bonchev–Trinajstić information content (AvgIpc) is 2.69. The van der Waals surface area contributed by atoms with Crippen LogP contribution in [0.15, 0.2) is 18.2 Å². The van der Waals surface area contributed by atoms with E-state index in [-0.39, 0.29) is 35.9 Å². The van der Waals surface area contributed by atoms with E-state index in [2.05, 4.69) is 9.64 Å². The van der Waals surface area contributed by atoms with Crippen molar-refractivity contribution in [2.45, 2.75) is 20.3 Å². The highest BCUT2D eigenvalue weighted by atomic mass is 16.6. The molecule has 0 unspecified atom stereocenters. The largest absolute Gasteiger partial charge is 0.490 e. The SMILES string of the molecule is CCN(CC)CCN(CCC(=O)OC)C(=O)c1ccc(OC)c([N+](=O)[O-])c1. The van der Waals surface area contributed by atoms with Crippen LogP contribution in [0.2, 0.25) is 0 Å². The lowest BCUT2D eigenvalue weighted by Crippen LogP contribution is -2.40. The van der Waals surface area contributed by atoms with E-state index in [1.165, 1.54) is 37.3 Å². The highest BCUT2D eigenvalue weighted by molar-refractivity contribution is 5.95. The van der Waals surface area contributed by atoms with Crippen molar-refractivity contribution in [3.05, 3.63) is 33.9 Å². The highest BCUT2D eigenvalue weighted by Crippen LogP contribution is 2.28. The lowest BCUT2D eigenvalue weighted by molar-refractivity contribution is -0.385. The minimum absolute atomic E-state index is 0.0543. The summed E-state index contributed by atoms with van der Waals surface area (Å²) in [4.78, 5) is 38.7. The van der Waals surface area contributed by atoms with Crippen LogP contribution in [0.5, 0.6) is 5.75 Å². The van der Waals surface area contributed by atoms with Gasteiger partial charge in [-0.3, -0.25) is 19.7 Å². The Morgan fingerprint density at radius 1 is 1.11 bits per heavy atom. The Morgan fingerprint density at radius 3 is 2.30 bits per heavy atom. The average molecular weight is 381 g/mol. The zero-order chi connectivity index (χ0) is 20.4.